The third-order valence-corrected chi connectivity index (χ3v) is 1.97. The fraction of sp³-hybridized carbons (Fsp3) is 0.727. The van der Waals surface area contributed by atoms with Gasteiger partial charge in [0.05, 0.1) is 39.6 Å². The number of aliphatic hydroxyl groups excluding tert-OH is 2. The molecule has 0 aromatic heterocycles. The summed E-state index contributed by atoms with van der Waals surface area (Å²) in [5.41, 5.74) is 0. The molecule has 17 heavy (non-hydrogen) atoms. The van der Waals surface area contributed by atoms with E-state index in [9.17, 15) is 4.79 Å². The van der Waals surface area contributed by atoms with Gasteiger partial charge in [-0.1, -0.05) is 6.58 Å². The van der Waals surface area contributed by atoms with E-state index in [0.29, 0.717) is 26.3 Å². The van der Waals surface area contributed by atoms with Crippen molar-refractivity contribution in [3.05, 3.63) is 12.7 Å². The zero-order valence-electron chi connectivity index (χ0n) is 10.0. The van der Waals surface area contributed by atoms with Crippen LogP contribution >= 0.6 is 0 Å². The first-order valence-electron chi connectivity index (χ1n) is 5.54. The summed E-state index contributed by atoms with van der Waals surface area (Å²) in [7, 11) is 0. The minimum atomic E-state index is -0.190. The lowest BCUT2D eigenvalue weighted by Crippen LogP contribution is -2.35. The third kappa shape index (κ3) is 8.82. The van der Waals surface area contributed by atoms with Crippen molar-refractivity contribution < 1.29 is 24.5 Å². The van der Waals surface area contributed by atoms with E-state index in [0.717, 1.165) is 0 Å². The Bertz CT molecular complexity index is 198. The fourth-order valence-electron chi connectivity index (χ4n) is 1.14. The monoisotopic (exact) mass is 247 g/mol. The largest absolute Gasteiger partial charge is 0.394 e. The van der Waals surface area contributed by atoms with Crippen molar-refractivity contribution in [2.75, 3.05) is 52.7 Å². The fourth-order valence-corrected chi connectivity index (χ4v) is 1.14. The summed E-state index contributed by atoms with van der Waals surface area (Å²) < 4.78 is 10.2. The Hall–Kier alpha value is -0.950. The van der Waals surface area contributed by atoms with Crippen LogP contribution in [0.2, 0.25) is 0 Å². The topological polar surface area (TPSA) is 79.2 Å². The van der Waals surface area contributed by atoms with Gasteiger partial charge in [-0.3, -0.25) is 4.79 Å². The first kappa shape index (κ1) is 16.1. The molecule has 0 aromatic carbocycles. The van der Waals surface area contributed by atoms with Gasteiger partial charge >= 0.3 is 0 Å². The van der Waals surface area contributed by atoms with E-state index in [1.54, 1.807) is 4.90 Å². The van der Waals surface area contributed by atoms with E-state index in [1.807, 2.05) is 0 Å². The minimum absolute atomic E-state index is 0.0327. The first-order valence-corrected chi connectivity index (χ1v) is 5.54. The molecule has 0 bridgehead atoms. The van der Waals surface area contributed by atoms with Crippen LogP contribution in [0.5, 0.6) is 0 Å². The second-order valence-electron chi connectivity index (χ2n) is 3.20. The van der Waals surface area contributed by atoms with Crippen molar-refractivity contribution in [2.45, 2.75) is 0 Å². The summed E-state index contributed by atoms with van der Waals surface area (Å²) in [5, 5.41) is 17.0. The molecule has 0 aromatic rings. The molecule has 6 heteroatoms. The molecule has 0 radical (unpaired) electrons. The molecule has 0 aliphatic carbocycles. The Morgan fingerprint density at radius 3 is 1.88 bits per heavy atom. The second-order valence-corrected chi connectivity index (χ2v) is 3.20. The number of aliphatic hydroxyl groups is 2. The number of hydrogen-bond donors (Lipinski definition) is 2. The van der Waals surface area contributed by atoms with Gasteiger partial charge in [0.15, 0.2) is 0 Å². The standard InChI is InChI=1S/C11H21NO5/c1-2-11(15)12(3-7-16-9-5-13)4-8-17-10-6-14/h2,13-14H,1,3-10H2. The number of nitrogens with zero attached hydrogens (tertiary/aromatic N) is 1. The lowest BCUT2D eigenvalue weighted by molar-refractivity contribution is -0.127. The highest BCUT2D eigenvalue weighted by atomic mass is 16.5. The van der Waals surface area contributed by atoms with Crippen molar-refractivity contribution in [3.63, 3.8) is 0 Å². The highest BCUT2D eigenvalue weighted by molar-refractivity contribution is 5.86. The number of ether oxygens (including phenoxy) is 2. The Labute approximate surface area is 101 Å². The van der Waals surface area contributed by atoms with Crippen LogP contribution in [0.15, 0.2) is 12.7 Å². The molecule has 0 saturated heterocycles. The van der Waals surface area contributed by atoms with Gasteiger partial charge in [0.2, 0.25) is 5.91 Å². The lowest BCUT2D eigenvalue weighted by Gasteiger charge is -2.20. The van der Waals surface area contributed by atoms with E-state index in [4.69, 9.17) is 19.7 Å². The number of hydrogen-bond acceptors (Lipinski definition) is 5. The molecule has 0 aliphatic rings. The van der Waals surface area contributed by atoms with E-state index >= 15 is 0 Å². The van der Waals surface area contributed by atoms with Gasteiger partial charge in [-0.2, -0.15) is 0 Å². The maximum Gasteiger partial charge on any atom is 0.246 e. The third-order valence-electron chi connectivity index (χ3n) is 1.97. The van der Waals surface area contributed by atoms with Crippen LogP contribution in [0.3, 0.4) is 0 Å². The molecule has 0 aliphatic heterocycles. The summed E-state index contributed by atoms with van der Waals surface area (Å²) in [4.78, 5) is 13.0. The molecule has 2 N–H and O–H groups in total. The van der Waals surface area contributed by atoms with Crippen LogP contribution in [-0.2, 0) is 14.3 Å². The summed E-state index contributed by atoms with van der Waals surface area (Å²) in [6.45, 7) is 5.44. The normalized spacial score (nSPS) is 10.2. The van der Waals surface area contributed by atoms with Gasteiger partial charge in [0, 0.05) is 13.1 Å². The highest BCUT2D eigenvalue weighted by Crippen LogP contribution is 1.92. The Morgan fingerprint density at radius 1 is 1.06 bits per heavy atom. The summed E-state index contributed by atoms with van der Waals surface area (Å²) in [6, 6.07) is 0. The van der Waals surface area contributed by atoms with Crippen LogP contribution in [0.4, 0.5) is 0 Å². The zero-order valence-corrected chi connectivity index (χ0v) is 10.0. The molecular formula is C11H21NO5. The average Bonchev–Trinajstić information content (AvgIpc) is 2.36. The van der Waals surface area contributed by atoms with E-state index in [1.165, 1.54) is 6.08 Å². The van der Waals surface area contributed by atoms with Gasteiger partial charge in [-0.25, -0.2) is 0 Å². The van der Waals surface area contributed by atoms with Gasteiger partial charge in [0.25, 0.3) is 0 Å². The molecule has 6 nitrogen and oxygen atoms in total. The smallest absolute Gasteiger partial charge is 0.246 e. The molecule has 1 amide bonds. The van der Waals surface area contributed by atoms with Crippen LogP contribution in [-0.4, -0.2) is 73.8 Å². The lowest BCUT2D eigenvalue weighted by atomic mass is 10.4. The quantitative estimate of drug-likeness (QED) is 0.362. The van der Waals surface area contributed by atoms with Crippen LogP contribution in [0.25, 0.3) is 0 Å². The van der Waals surface area contributed by atoms with Gasteiger partial charge in [-0.15, -0.1) is 0 Å². The van der Waals surface area contributed by atoms with Crippen molar-refractivity contribution in [2.24, 2.45) is 0 Å². The molecule has 0 spiro atoms. The molecule has 0 atom stereocenters. The van der Waals surface area contributed by atoms with Crippen LogP contribution < -0.4 is 0 Å². The average molecular weight is 247 g/mol. The van der Waals surface area contributed by atoms with Crippen molar-refractivity contribution in [1.29, 1.82) is 0 Å². The SMILES string of the molecule is C=CC(=O)N(CCOCCO)CCOCCO. The van der Waals surface area contributed by atoms with Crippen molar-refractivity contribution in [1.82, 2.24) is 4.90 Å². The number of carbonyl (C=O) groups excluding carboxylic acids is 1. The van der Waals surface area contributed by atoms with Crippen LogP contribution in [0.1, 0.15) is 0 Å². The maximum atomic E-state index is 11.4. The Kier molecular flexibility index (Phi) is 10.9. The zero-order chi connectivity index (χ0) is 12.9. The van der Waals surface area contributed by atoms with Gasteiger partial charge in [-0.05, 0) is 6.08 Å². The molecule has 0 fully saturated rings. The molecular weight excluding hydrogens is 226 g/mol. The molecule has 0 rings (SSSR count). The molecule has 100 valence electrons. The Balaban J connectivity index is 3.80. The van der Waals surface area contributed by atoms with Crippen molar-refractivity contribution in [3.8, 4) is 0 Å². The van der Waals surface area contributed by atoms with Crippen LogP contribution in [0, 0.1) is 0 Å². The van der Waals surface area contributed by atoms with Crippen molar-refractivity contribution >= 4 is 5.91 Å². The first-order chi connectivity index (χ1) is 8.26. The van der Waals surface area contributed by atoms with E-state index in [-0.39, 0.29) is 32.3 Å². The predicted molar refractivity (Wildman–Crippen MR) is 62.6 cm³/mol. The summed E-state index contributed by atoms with van der Waals surface area (Å²) in [6.07, 6.45) is 1.23. The second kappa shape index (κ2) is 11.5. The number of carbonyl (C=O) groups is 1. The number of amides is 1. The van der Waals surface area contributed by atoms with Gasteiger partial charge < -0.3 is 24.6 Å². The van der Waals surface area contributed by atoms with Gasteiger partial charge in [0.1, 0.15) is 0 Å². The summed E-state index contributed by atoms with van der Waals surface area (Å²) >= 11 is 0. The Morgan fingerprint density at radius 2 is 1.53 bits per heavy atom. The molecule has 0 heterocycles. The van der Waals surface area contributed by atoms with E-state index in [2.05, 4.69) is 6.58 Å². The molecule has 0 unspecified atom stereocenters. The number of rotatable bonds is 11. The summed E-state index contributed by atoms with van der Waals surface area (Å²) in [5.74, 6) is -0.190. The van der Waals surface area contributed by atoms with E-state index < -0.39 is 0 Å². The minimum Gasteiger partial charge on any atom is -0.394 e. The highest BCUT2D eigenvalue weighted by Gasteiger charge is 2.09. The maximum absolute atomic E-state index is 11.4. The predicted octanol–water partition coefficient (Wildman–Crippen LogP) is -0.981. The molecule has 0 saturated carbocycles.